The van der Waals surface area contributed by atoms with Gasteiger partial charge in [0.15, 0.2) is 6.10 Å². The number of hydrogen-bond donors (Lipinski definition) is 1. The molecule has 0 saturated heterocycles. The SMILES string of the molecule is CC(C)C(Oc1cc(F)c(Cl)cc1Br)C(=O)O. The fourth-order valence-electron chi connectivity index (χ4n) is 1.20. The lowest BCUT2D eigenvalue weighted by Gasteiger charge is -2.19. The highest BCUT2D eigenvalue weighted by Gasteiger charge is 2.24. The van der Waals surface area contributed by atoms with E-state index >= 15 is 0 Å². The lowest BCUT2D eigenvalue weighted by Crippen LogP contribution is -2.32. The molecule has 0 amide bonds. The second kappa shape index (κ2) is 5.69. The highest BCUT2D eigenvalue weighted by Crippen LogP contribution is 2.31. The van der Waals surface area contributed by atoms with Crippen LogP contribution >= 0.6 is 27.5 Å². The summed E-state index contributed by atoms with van der Waals surface area (Å²) in [5.74, 6) is -1.87. The molecule has 0 heterocycles. The van der Waals surface area contributed by atoms with E-state index in [1.54, 1.807) is 13.8 Å². The van der Waals surface area contributed by atoms with E-state index in [-0.39, 0.29) is 16.7 Å². The largest absolute Gasteiger partial charge is 0.478 e. The summed E-state index contributed by atoms with van der Waals surface area (Å²) in [6.07, 6.45) is -1.04. The van der Waals surface area contributed by atoms with Crippen molar-refractivity contribution in [3.8, 4) is 5.75 Å². The van der Waals surface area contributed by atoms with Gasteiger partial charge in [0.2, 0.25) is 0 Å². The van der Waals surface area contributed by atoms with Gasteiger partial charge in [-0.2, -0.15) is 0 Å². The molecular weight excluding hydrogens is 314 g/mol. The monoisotopic (exact) mass is 324 g/mol. The van der Waals surface area contributed by atoms with Crippen LogP contribution in [0.15, 0.2) is 16.6 Å². The average Bonchev–Trinajstić information content (AvgIpc) is 2.20. The van der Waals surface area contributed by atoms with E-state index in [0.29, 0.717) is 4.47 Å². The van der Waals surface area contributed by atoms with Crippen LogP contribution in [0.4, 0.5) is 4.39 Å². The number of rotatable bonds is 4. The van der Waals surface area contributed by atoms with Gasteiger partial charge in [-0.15, -0.1) is 0 Å². The van der Waals surface area contributed by atoms with Crippen LogP contribution in [0.2, 0.25) is 5.02 Å². The molecular formula is C11H11BrClFO3. The molecule has 0 saturated carbocycles. The van der Waals surface area contributed by atoms with Crippen molar-refractivity contribution in [1.29, 1.82) is 0 Å². The van der Waals surface area contributed by atoms with Crippen LogP contribution in [-0.2, 0) is 4.79 Å². The van der Waals surface area contributed by atoms with E-state index in [9.17, 15) is 9.18 Å². The molecule has 0 radical (unpaired) electrons. The Labute approximate surface area is 112 Å². The fourth-order valence-corrected chi connectivity index (χ4v) is 1.94. The van der Waals surface area contributed by atoms with Gasteiger partial charge in [-0.25, -0.2) is 9.18 Å². The van der Waals surface area contributed by atoms with Gasteiger partial charge in [0, 0.05) is 12.0 Å². The Kier molecular flexibility index (Phi) is 4.77. The van der Waals surface area contributed by atoms with Crippen molar-refractivity contribution in [3.63, 3.8) is 0 Å². The Balaban J connectivity index is 3.01. The van der Waals surface area contributed by atoms with E-state index in [1.165, 1.54) is 6.07 Å². The van der Waals surface area contributed by atoms with Crippen LogP contribution in [-0.4, -0.2) is 17.2 Å². The number of benzene rings is 1. The van der Waals surface area contributed by atoms with E-state index < -0.39 is 17.9 Å². The number of hydrogen-bond acceptors (Lipinski definition) is 2. The first-order valence-corrected chi connectivity index (χ1v) is 6.04. The number of carbonyl (C=O) groups is 1. The molecule has 3 nitrogen and oxygen atoms in total. The minimum absolute atomic E-state index is 0.0550. The Morgan fingerprint density at radius 1 is 1.53 bits per heavy atom. The summed E-state index contributed by atoms with van der Waals surface area (Å²) < 4.78 is 18.9. The molecule has 0 aliphatic heterocycles. The summed E-state index contributed by atoms with van der Waals surface area (Å²) in [5.41, 5.74) is 0. The van der Waals surface area contributed by atoms with Crippen molar-refractivity contribution in [2.75, 3.05) is 0 Å². The van der Waals surface area contributed by atoms with Crippen molar-refractivity contribution >= 4 is 33.5 Å². The second-order valence-corrected chi connectivity index (χ2v) is 5.08. The van der Waals surface area contributed by atoms with Crippen LogP contribution < -0.4 is 4.74 Å². The van der Waals surface area contributed by atoms with Crippen molar-refractivity contribution in [3.05, 3.63) is 27.4 Å². The number of aliphatic carboxylic acids is 1. The van der Waals surface area contributed by atoms with E-state index in [1.807, 2.05) is 0 Å². The number of halogens is 3. The van der Waals surface area contributed by atoms with Crippen LogP contribution in [0.3, 0.4) is 0 Å². The van der Waals surface area contributed by atoms with Gasteiger partial charge in [-0.1, -0.05) is 25.4 Å². The van der Waals surface area contributed by atoms with Crippen LogP contribution in [0.1, 0.15) is 13.8 Å². The number of ether oxygens (including phenoxy) is 1. The highest BCUT2D eigenvalue weighted by molar-refractivity contribution is 9.10. The van der Waals surface area contributed by atoms with Crippen molar-refractivity contribution in [1.82, 2.24) is 0 Å². The molecule has 6 heteroatoms. The summed E-state index contributed by atoms with van der Waals surface area (Å²) in [6, 6.07) is 2.39. The van der Waals surface area contributed by atoms with Crippen molar-refractivity contribution < 1.29 is 19.0 Å². The van der Waals surface area contributed by atoms with Crippen LogP contribution in [0.25, 0.3) is 0 Å². The van der Waals surface area contributed by atoms with Gasteiger partial charge in [-0.05, 0) is 22.0 Å². The van der Waals surface area contributed by atoms with Crippen LogP contribution in [0.5, 0.6) is 5.75 Å². The normalized spacial score (nSPS) is 12.6. The van der Waals surface area contributed by atoms with Gasteiger partial charge in [-0.3, -0.25) is 0 Å². The zero-order valence-corrected chi connectivity index (χ0v) is 11.5. The molecule has 0 fully saturated rings. The van der Waals surface area contributed by atoms with Gasteiger partial charge in [0.25, 0.3) is 0 Å². The molecule has 0 bridgehead atoms. The Morgan fingerprint density at radius 2 is 2.12 bits per heavy atom. The molecule has 1 aromatic rings. The first-order valence-electron chi connectivity index (χ1n) is 4.87. The van der Waals surface area contributed by atoms with Crippen molar-refractivity contribution in [2.45, 2.75) is 20.0 Å². The molecule has 0 aromatic heterocycles. The van der Waals surface area contributed by atoms with Gasteiger partial charge < -0.3 is 9.84 Å². The number of carboxylic acid groups (broad SMARTS) is 1. The lowest BCUT2D eigenvalue weighted by molar-refractivity contribution is -0.147. The highest BCUT2D eigenvalue weighted by atomic mass is 79.9. The maximum Gasteiger partial charge on any atom is 0.345 e. The number of carboxylic acids is 1. The summed E-state index contributed by atoms with van der Waals surface area (Å²) in [6.45, 7) is 3.41. The Morgan fingerprint density at radius 3 is 2.59 bits per heavy atom. The third-order valence-electron chi connectivity index (χ3n) is 2.08. The zero-order valence-electron chi connectivity index (χ0n) is 9.21. The van der Waals surface area contributed by atoms with E-state index in [4.69, 9.17) is 21.4 Å². The minimum atomic E-state index is -1.10. The zero-order chi connectivity index (χ0) is 13.2. The standard InChI is InChI=1S/C11H11BrClFO3/c1-5(2)10(11(15)16)17-9-4-8(14)7(13)3-6(9)12/h3-5,10H,1-2H3,(H,15,16). The molecule has 1 N–H and O–H groups in total. The molecule has 17 heavy (non-hydrogen) atoms. The lowest BCUT2D eigenvalue weighted by atomic mass is 10.1. The Bertz CT molecular complexity index is 437. The maximum absolute atomic E-state index is 13.2. The van der Waals surface area contributed by atoms with E-state index in [2.05, 4.69) is 15.9 Å². The summed E-state index contributed by atoms with van der Waals surface area (Å²) >= 11 is 8.71. The third-order valence-corrected chi connectivity index (χ3v) is 2.99. The van der Waals surface area contributed by atoms with Gasteiger partial charge in [0.05, 0.1) is 9.50 Å². The van der Waals surface area contributed by atoms with E-state index in [0.717, 1.165) is 6.07 Å². The summed E-state index contributed by atoms with van der Waals surface area (Å²) in [4.78, 5) is 10.9. The van der Waals surface area contributed by atoms with Gasteiger partial charge in [0.1, 0.15) is 11.6 Å². The Hall–Kier alpha value is -0.810. The topological polar surface area (TPSA) is 46.5 Å². The molecule has 1 atom stereocenters. The van der Waals surface area contributed by atoms with Gasteiger partial charge >= 0.3 is 5.97 Å². The predicted molar refractivity (Wildman–Crippen MR) is 66.0 cm³/mol. The summed E-state index contributed by atoms with van der Waals surface area (Å²) in [5, 5.41) is 8.90. The second-order valence-electron chi connectivity index (χ2n) is 3.82. The quantitative estimate of drug-likeness (QED) is 0.858. The smallest absolute Gasteiger partial charge is 0.345 e. The van der Waals surface area contributed by atoms with Crippen molar-refractivity contribution in [2.24, 2.45) is 5.92 Å². The average molecular weight is 326 g/mol. The maximum atomic E-state index is 13.2. The molecule has 1 rings (SSSR count). The molecule has 1 unspecified atom stereocenters. The molecule has 94 valence electrons. The first kappa shape index (κ1) is 14.3. The first-order chi connectivity index (χ1) is 7.82. The molecule has 0 spiro atoms. The predicted octanol–water partition coefficient (Wildman–Crippen LogP) is 3.73. The fraction of sp³-hybridized carbons (Fsp3) is 0.364. The van der Waals surface area contributed by atoms with Crippen LogP contribution in [0, 0.1) is 11.7 Å². The summed E-state index contributed by atoms with van der Waals surface area (Å²) in [7, 11) is 0. The molecule has 0 aliphatic carbocycles. The minimum Gasteiger partial charge on any atom is -0.478 e. The third kappa shape index (κ3) is 3.57. The molecule has 1 aromatic carbocycles. The molecule has 0 aliphatic rings.